The van der Waals surface area contributed by atoms with Gasteiger partial charge in [0.05, 0.1) is 13.2 Å². The first-order valence-corrected chi connectivity index (χ1v) is 12.2. The molecule has 1 saturated carbocycles. The summed E-state index contributed by atoms with van der Waals surface area (Å²) in [6.07, 6.45) is 3.16. The molecule has 1 aliphatic carbocycles. The Kier molecular flexibility index (Phi) is 5.95. The molecule has 1 aromatic heterocycles. The van der Waals surface area contributed by atoms with E-state index in [1.54, 1.807) is 6.92 Å². The molecule has 5 rings (SSSR count). The molecule has 33 heavy (non-hydrogen) atoms. The third-order valence-electron chi connectivity index (χ3n) is 7.52. The van der Waals surface area contributed by atoms with Gasteiger partial charge in [0, 0.05) is 48.7 Å². The zero-order valence-electron chi connectivity index (χ0n) is 19.8. The van der Waals surface area contributed by atoms with E-state index in [-0.39, 0.29) is 29.7 Å². The normalized spacial score (nSPS) is 25.0. The fourth-order valence-corrected chi connectivity index (χ4v) is 5.76. The molecule has 0 bridgehead atoms. The first-order valence-electron chi connectivity index (χ1n) is 12.2. The Morgan fingerprint density at radius 3 is 2.55 bits per heavy atom. The predicted octanol–water partition coefficient (Wildman–Crippen LogP) is 3.97. The van der Waals surface area contributed by atoms with Gasteiger partial charge in [-0.15, -0.1) is 0 Å². The fraction of sp³-hybridized carbons (Fsp3) is 0.519. The molecule has 0 radical (unpaired) electrons. The van der Waals surface area contributed by atoms with Gasteiger partial charge in [-0.1, -0.05) is 13.0 Å². The molecule has 3 aliphatic rings. The van der Waals surface area contributed by atoms with E-state index in [1.807, 2.05) is 41.0 Å². The number of rotatable bonds is 4. The van der Waals surface area contributed by atoms with Crippen LogP contribution < -0.4 is 4.90 Å². The van der Waals surface area contributed by atoms with Crippen molar-refractivity contribution in [2.45, 2.75) is 52.0 Å². The molecule has 0 unspecified atom stereocenters. The van der Waals surface area contributed by atoms with Crippen LogP contribution in [0.15, 0.2) is 36.4 Å². The van der Waals surface area contributed by atoms with Gasteiger partial charge in [0.1, 0.15) is 0 Å². The Bertz CT molecular complexity index is 1060. The van der Waals surface area contributed by atoms with Crippen LogP contribution in [-0.4, -0.2) is 54.0 Å². The van der Waals surface area contributed by atoms with E-state index in [4.69, 9.17) is 9.72 Å². The zero-order valence-corrected chi connectivity index (χ0v) is 19.8. The Morgan fingerprint density at radius 2 is 1.88 bits per heavy atom. The molecule has 2 aliphatic heterocycles. The third-order valence-corrected chi connectivity index (χ3v) is 7.52. The molecule has 6 heteroatoms. The highest BCUT2D eigenvalue weighted by molar-refractivity contribution is 5.98. The Hall–Kier alpha value is -2.73. The lowest BCUT2D eigenvalue weighted by Crippen LogP contribution is -2.50. The highest BCUT2D eigenvalue weighted by Gasteiger charge is 2.47. The smallest absolute Gasteiger partial charge is 0.254 e. The van der Waals surface area contributed by atoms with Crippen LogP contribution in [0.3, 0.4) is 0 Å². The first kappa shape index (κ1) is 22.1. The number of pyridine rings is 1. The van der Waals surface area contributed by atoms with Crippen LogP contribution in [0.2, 0.25) is 0 Å². The lowest BCUT2D eigenvalue weighted by atomic mass is 9.73. The summed E-state index contributed by atoms with van der Waals surface area (Å²) in [5.41, 5.74) is 4.83. The summed E-state index contributed by atoms with van der Waals surface area (Å²) in [7, 11) is 0. The number of fused-ring (bicyclic) bond motifs is 1. The molecule has 1 aromatic carbocycles. The topological polar surface area (TPSA) is 62.7 Å². The van der Waals surface area contributed by atoms with Crippen molar-refractivity contribution in [3.05, 3.63) is 58.9 Å². The van der Waals surface area contributed by atoms with Crippen LogP contribution in [0.1, 0.15) is 59.9 Å². The fourth-order valence-electron chi connectivity index (χ4n) is 5.76. The van der Waals surface area contributed by atoms with Crippen LogP contribution in [0, 0.1) is 18.8 Å². The molecular formula is C27H33N3O3. The van der Waals surface area contributed by atoms with Gasteiger partial charge in [-0.25, -0.2) is 0 Å². The summed E-state index contributed by atoms with van der Waals surface area (Å²) in [6, 6.07) is 12.3. The lowest BCUT2D eigenvalue weighted by molar-refractivity contribution is -0.117. The second-order valence-electron chi connectivity index (χ2n) is 9.84. The van der Waals surface area contributed by atoms with Gasteiger partial charge in [0.2, 0.25) is 5.91 Å². The largest absolute Gasteiger partial charge is 0.378 e. The predicted molar refractivity (Wildman–Crippen MR) is 127 cm³/mol. The van der Waals surface area contributed by atoms with E-state index >= 15 is 0 Å². The summed E-state index contributed by atoms with van der Waals surface area (Å²) < 4.78 is 5.42. The van der Waals surface area contributed by atoms with Crippen molar-refractivity contribution in [1.82, 2.24) is 9.88 Å². The van der Waals surface area contributed by atoms with E-state index in [0.717, 1.165) is 29.1 Å². The minimum absolute atomic E-state index is 0.0416. The molecule has 3 atom stereocenters. The maximum atomic E-state index is 13.3. The maximum absolute atomic E-state index is 13.3. The van der Waals surface area contributed by atoms with E-state index in [1.165, 1.54) is 12.8 Å². The van der Waals surface area contributed by atoms with Crippen molar-refractivity contribution in [3.63, 3.8) is 0 Å². The number of ether oxygens (including phenoxy) is 1. The van der Waals surface area contributed by atoms with Crippen LogP contribution >= 0.6 is 0 Å². The molecule has 174 valence electrons. The second kappa shape index (κ2) is 8.90. The molecule has 3 heterocycles. The minimum atomic E-state index is 0.0416. The van der Waals surface area contributed by atoms with Gasteiger partial charge in [-0.3, -0.25) is 14.6 Å². The van der Waals surface area contributed by atoms with Gasteiger partial charge in [-0.2, -0.15) is 0 Å². The number of nitrogens with zero attached hydrogens (tertiary/aromatic N) is 3. The summed E-state index contributed by atoms with van der Waals surface area (Å²) >= 11 is 0. The summed E-state index contributed by atoms with van der Waals surface area (Å²) in [6.45, 7) is 8.36. The number of carbonyl (C=O) groups excluding carboxylic acids is 2. The Labute approximate surface area is 195 Å². The molecular weight excluding hydrogens is 414 g/mol. The number of aryl methyl sites for hydroxylation is 1. The molecule has 2 amide bonds. The Morgan fingerprint density at radius 1 is 1.12 bits per heavy atom. The van der Waals surface area contributed by atoms with E-state index in [2.05, 4.69) is 19.1 Å². The van der Waals surface area contributed by atoms with Crippen molar-refractivity contribution in [2.75, 3.05) is 31.2 Å². The van der Waals surface area contributed by atoms with E-state index in [0.29, 0.717) is 37.8 Å². The molecule has 0 N–H and O–H groups in total. The first-order chi connectivity index (χ1) is 15.9. The molecule has 2 fully saturated rings. The average molecular weight is 448 g/mol. The van der Waals surface area contributed by atoms with Gasteiger partial charge in [-0.05, 0) is 79.8 Å². The van der Waals surface area contributed by atoms with E-state index in [9.17, 15) is 9.59 Å². The number of anilines is 1. The van der Waals surface area contributed by atoms with E-state index < -0.39 is 0 Å². The summed E-state index contributed by atoms with van der Waals surface area (Å²) in [5, 5.41) is 0. The number of hydrogen-bond donors (Lipinski definition) is 0. The summed E-state index contributed by atoms with van der Waals surface area (Å²) in [4.78, 5) is 34.8. The standard InChI is InChI=1S/C27H33N3O3/c1-17-5-4-6-22(28-17)16-23-18(2)26(20-7-8-20)30(19(3)31)25-10-9-21(15-24(23)25)27(32)29-11-13-33-14-12-29/h4-6,9-10,15,18,20,23,26H,7-8,11-14,16H2,1-3H3/t18-,23-,26-/m1/s1. The van der Waals surface area contributed by atoms with Crippen LogP contribution in [0.25, 0.3) is 0 Å². The van der Waals surface area contributed by atoms with Crippen LogP contribution in [0.4, 0.5) is 5.69 Å². The zero-order chi connectivity index (χ0) is 23.1. The Balaban J connectivity index is 1.57. The van der Waals surface area contributed by atoms with Crippen LogP contribution in [-0.2, 0) is 16.0 Å². The average Bonchev–Trinajstić information content (AvgIpc) is 3.65. The highest BCUT2D eigenvalue weighted by Crippen LogP contribution is 2.51. The number of amides is 2. The molecule has 6 nitrogen and oxygen atoms in total. The number of benzene rings is 1. The maximum Gasteiger partial charge on any atom is 0.254 e. The van der Waals surface area contributed by atoms with Gasteiger partial charge < -0.3 is 14.5 Å². The van der Waals surface area contributed by atoms with Crippen molar-refractivity contribution in [2.24, 2.45) is 11.8 Å². The number of aromatic nitrogens is 1. The lowest BCUT2D eigenvalue weighted by Gasteiger charge is -2.46. The van der Waals surface area contributed by atoms with Crippen molar-refractivity contribution in [3.8, 4) is 0 Å². The SMILES string of the molecule is CC(=O)N1c2ccc(C(=O)N3CCOCC3)cc2[C@H](Cc2cccc(C)n2)[C@@H](C)[C@@H]1C1CC1. The van der Waals surface area contributed by atoms with Crippen molar-refractivity contribution in [1.29, 1.82) is 0 Å². The molecule has 2 aromatic rings. The van der Waals surface area contributed by atoms with Gasteiger partial charge >= 0.3 is 0 Å². The third kappa shape index (κ3) is 4.29. The molecule has 1 saturated heterocycles. The van der Waals surface area contributed by atoms with Gasteiger partial charge in [0.15, 0.2) is 0 Å². The monoisotopic (exact) mass is 447 g/mol. The molecule has 0 spiro atoms. The summed E-state index contributed by atoms with van der Waals surface area (Å²) in [5.74, 6) is 1.16. The van der Waals surface area contributed by atoms with Crippen LogP contribution in [0.5, 0.6) is 0 Å². The quantitative estimate of drug-likeness (QED) is 0.712. The van der Waals surface area contributed by atoms with Gasteiger partial charge in [0.25, 0.3) is 5.91 Å². The van der Waals surface area contributed by atoms with Crippen molar-refractivity contribution < 1.29 is 14.3 Å². The number of hydrogen-bond acceptors (Lipinski definition) is 4. The second-order valence-corrected chi connectivity index (χ2v) is 9.84. The minimum Gasteiger partial charge on any atom is -0.378 e. The number of morpholine rings is 1. The van der Waals surface area contributed by atoms with Crippen molar-refractivity contribution >= 4 is 17.5 Å². The number of carbonyl (C=O) groups is 2. The highest BCUT2D eigenvalue weighted by atomic mass is 16.5.